The quantitative estimate of drug-likeness (QED) is 0.156. The van der Waals surface area contributed by atoms with Crippen molar-refractivity contribution >= 4 is 21.8 Å². The zero-order chi connectivity index (χ0) is 34.1. The van der Waals surface area contributed by atoms with Gasteiger partial charge in [0.2, 0.25) is 11.5 Å². The van der Waals surface area contributed by atoms with Gasteiger partial charge in [0.05, 0.1) is 71.0 Å². The van der Waals surface area contributed by atoms with E-state index in [1.807, 2.05) is 72.8 Å². The number of benzene rings is 4. The van der Waals surface area contributed by atoms with Gasteiger partial charge in [-0.05, 0) is 48.5 Å². The highest BCUT2D eigenvalue weighted by Gasteiger charge is 2.21. The van der Waals surface area contributed by atoms with E-state index in [4.69, 9.17) is 38.4 Å². The molecule has 9 nitrogen and oxygen atoms in total. The van der Waals surface area contributed by atoms with Crippen LogP contribution in [-0.2, 0) is 0 Å². The Hall–Kier alpha value is -6.22. The first kappa shape index (κ1) is 31.4. The maximum atomic E-state index is 5.73. The lowest BCUT2D eigenvalue weighted by atomic mass is 10.00. The van der Waals surface area contributed by atoms with E-state index in [1.54, 1.807) is 42.7 Å². The third-order valence-electron chi connectivity index (χ3n) is 8.59. The second kappa shape index (κ2) is 13.1. The molecular formula is C40H35N3O6. The van der Waals surface area contributed by atoms with Crippen LogP contribution < -0.4 is 28.4 Å². The summed E-state index contributed by atoms with van der Waals surface area (Å²) in [6.45, 7) is 0. The monoisotopic (exact) mass is 653 g/mol. The number of aromatic nitrogens is 3. The van der Waals surface area contributed by atoms with Crippen LogP contribution in [0.5, 0.6) is 34.5 Å². The molecule has 0 saturated carbocycles. The van der Waals surface area contributed by atoms with Crippen LogP contribution in [0.3, 0.4) is 0 Å². The summed E-state index contributed by atoms with van der Waals surface area (Å²) in [6.07, 6.45) is 0. The average molecular weight is 654 g/mol. The van der Waals surface area contributed by atoms with Gasteiger partial charge < -0.3 is 33.4 Å². The summed E-state index contributed by atoms with van der Waals surface area (Å²) in [6, 6.07) is 32.2. The maximum absolute atomic E-state index is 5.73. The van der Waals surface area contributed by atoms with E-state index in [9.17, 15) is 0 Å². The summed E-state index contributed by atoms with van der Waals surface area (Å²) in [7, 11) is 9.60. The minimum Gasteiger partial charge on any atom is -0.493 e. The summed E-state index contributed by atoms with van der Waals surface area (Å²) < 4.78 is 34.1. The average Bonchev–Trinajstić information content (AvgIpc) is 3.55. The first-order chi connectivity index (χ1) is 24.0. The standard InChI is InChI=1S/C40H35N3O6/c1-44-33-18-25(19-34(45-2)39(33)48-5)31-17-24(16-30(41-31)23-12-8-7-9-13-23)32-22-28-27-14-10-11-15-29(27)42-38(28)37(43-32)26-20-35(46-3)40(49-6)36(21-26)47-4/h7-22,42H,1-6H3. The van der Waals surface area contributed by atoms with Crippen LogP contribution in [0, 0.1) is 0 Å². The van der Waals surface area contributed by atoms with Crippen molar-refractivity contribution in [2.24, 2.45) is 0 Å². The highest BCUT2D eigenvalue weighted by Crippen LogP contribution is 2.45. The van der Waals surface area contributed by atoms with Crippen LogP contribution in [0.2, 0.25) is 0 Å². The molecule has 3 heterocycles. The highest BCUT2D eigenvalue weighted by molar-refractivity contribution is 6.12. The van der Waals surface area contributed by atoms with Gasteiger partial charge in [0.15, 0.2) is 23.0 Å². The second-order valence-corrected chi connectivity index (χ2v) is 11.3. The summed E-state index contributed by atoms with van der Waals surface area (Å²) >= 11 is 0. The van der Waals surface area contributed by atoms with E-state index < -0.39 is 0 Å². The van der Waals surface area contributed by atoms with Crippen molar-refractivity contribution in [2.75, 3.05) is 42.7 Å². The predicted octanol–water partition coefficient (Wildman–Crippen LogP) is 8.83. The molecule has 0 fully saturated rings. The molecule has 0 spiro atoms. The first-order valence-electron chi connectivity index (χ1n) is 15.6. The molecule has 0 unspecified atom stereocenters. The molecule has 4 aromatic carbocycles. The molecule has 0 aliphatic rings. The van der Waals surface area contributed by atoms with Crippen molar-refractivity contribution in [3.05, 3.63) is 97.1 Å². The third-order valence-corrected chi connectivity index (χ3v) is 8.59. The smallest absolute Gasteiger partial charge is 0.203 e. The summed E-state index contributed by atoms with van der Waals surface area (Å²) in [4.78, 5) is 14.1. The summed E-state index contributed by atoms with van der Waals surface area (Å²) in [5, 5.41) is 2.11. The van der Waals surface area contributed by atoms with Gasteiger partial charge in [-0.1, -0.05) is 48.5 Å². The first-order valence-corrected chi connectivity index (χ1v) is 15.6. The van der Waals surface area contributed by atoms with Crippen molar-refractivity contribution in [2.45, 2.75) is 0 Å². The minimum absolute atomic E-state index is 0.509. The molecule has 0 radical (unpaired) electrons. The fourth-order valence-electron chi connectivity index (χ4n) is 6.23. The van der Waals surface area contributed by atoms with Crippen molar-refractivity contribution in [1.82, 2.24) is 15.0 Å². The van der Waals surface area contributed by atoms with Gasteiger partial charge in [-0.25, -0.2) is 9.97 Å². The molecule has 7 rings (SSSR count). The number of H-pyrrole nitrogens is 1. The predicted molar refractivity (Wildman–Crippen MR) is 192 cm³/mol. The van der Waals surface area contributed by atoms with Crippen LogP contribution in [0.15, 0.2) is 97.1 Å². The van der Waals surface area contributed by atoms with Gasteiger partial charge in [0.1, 0.15) is 0 Å². The van der Waals surface area contributed by atoms with E-state index in [2.05, 4.69) is 29.2 Å². The van der Waals surface area contributed by atoms with E-state index >= 15 is 0 Å². The van der Waals surface area contributed by atoms with Gasteiger partial charge in [0.25, 0.3) is 0 Å². The third kappa shape index (κ3) is 5.59. The fourth-order valence-corrected chi connectivity index (χ4v) is 6.23. The molecule has 0 bridgehead atoms. The lowest BCUT2D eigenvalue weighted by molar-refractivity contribution is 0.324. The normalized spacial score (nSPS) is 11.1. The number of hydrogen-bond donors (Lipinski definition) is 1. The SMILES string of the molecule is COc1cc(-c2cc(-c3cc4c([nH]c5ccccc54)c(-c4cc(OC)c(OC)c(OC)c4)n3)cc(-c3ccccc3)n2)cc(OC)c1OC. The Kier molecular flexibility index (Phi) is 8.40. The number of methoxy groups -OCH3 is 6. The Labute approximate surface area is 284 Å². The number of fused-ring (bicyclic) bond motifs is 3. The molecule has 7 aromatic rings. The molecule has 0 amide bonds. The summed E-state index contributed by atoms with van der Waals surface area (Å²) in [5.41, 5.74) is 8.33. The van der Waals surface area contributed by atoms with E-state index in [0.29, 0.717) is 40.2 Å². The molecule has 0 saturated heterocycles. The topological polar surface area (TPSA) is 97.0 Å². The second-order valence-electron chi connectivity index (χ2n) is 11.3. The molecule has 0 aliphatic heterocycles. The minimum atomic E-state index is 0.509. The number of pyridine rings is 2. The van der Waals surface area contributed by atoms with Gasteiger partial charge in [-0.3, -0.25) is 0 Å². The Morgan fingerprint density at radius 3 is 1.49 bits per heavy atom. The Bertz CT molecular complexity index is 2270. The highest BCUT2D eigenvalue weighted by atomic mass is 16.5. The lowest BCUT2D eigenvalue weighted by Crippen LogP contribution is -1.98. The molecule has 0 aliphatic carbocycles. The number of nitrogens with one attached hydrogen (secondary N) is 1. The number of rotatable bonds is 10. The van der Waals surface area contributed by atoms with Crippen LogP contribution in [0.25, 0.3) is 66.8 Å². The van der Waals surface area contributed by atoms with Crippen LogP contribution in [0.4, 0.5) is 0 Å². The largest absolute Gasteiger partial charge is 0.493 e. The Morgan fingerprint density at radius 2 is 0.918 bits per heavy atom. The van der Waals surface area contributed by atoms with Gasteiger partial charge in [-0.15, -0.1) is 0 Å². The molecule has 246 valence electrons. The van der Waals surface area contributed by atoms with Gasteiger partial charge in [0, 0.05) is 38.5 Å². The van der Waals surface area contributed by atoms with Crippen LogP contribution in [-0.4, -0.2) is 57.6 Å². The zero-order valence-corrected chi connectivity index (χ0v) is 28.1. The van der Waals surface area contributed by atoms with Crippen molar-refractivity contribution < 1.29 is 28.4 Å². The Morgan fingerprint density at radius 1 is 0.429 bits per heavy atom. The molecular weight excluding hydrogens is 618 g/mol. The molecule has 49 heavy (non-hydrogen) atoms. The van der Waals surface area contributed by atoms with Crippen LogP contribution in [0.1, 0.15) is 0 Å². The molecule has 3 aromatic heterocycles. The number of aromatic amines is 1. The van der Waals surface area contributed by atoms with Gasteiger partial charge in [-0.2, -0.15) is 0 Å². The van der Waals surface area contributed by atoms with Gasteiger partial charge >= 0.3 is 0 Å². The van der Waals surface area contributed by atoms with Crippen molar-refractivity contribution in [3.63, 3.8) is 0 Å². The molecule has 1 N–H and O–H groups in total. The fraction of sp³-hybridized carbons (Fsp3) is 0.150. The number of hydrogen-bond acceptors (Lipinski definition) is 8. The number of nitrogens with zero attached hydrogens (tertiary/aromatic N) is 2. The molecule has 9 heteroatoms. The molecule has 0 atom stereocenters. The van der Waals surface area contributed by atoms with E-state index in [1.165, 1.54) is 0 Å². The van der Waals surface area contributed by atoms with Crippen LogP contribution >= 0.6 is 0 Å². The maximum Gasteiger partial charge on any atom is 0.203 e. The Balaban J connectivity index is 1.53. The number of ether oxygens (including phenoxy) is 6. The zero-order valence-electron chi connectivity index (χ0n) is 28.1. The summed E-state index contributed by atoms with van der Waals surface area (Å²) in [5.74, 6) is 3.16. The van der Waals surface area contributed by atoms with E-state index in [-0.39, 0.29) is 0 Å². The lowest BCUT2D eigenvalue weighted by Gasteiger charge is -2.16. The van der Waals surface area contributed by atoms with Crippen molar-refractivity contribution in [1.29, 1.82) is 0 Å². The van der Waals surface area contributed by atoms with Crippen molar-refractivity contribution in [3.8, 4) is 79.5 Å². The number of para-hydroxylation sites is 1. The van der Waals surface area contributed by atoms with E-state index in [0.717, 1.165) is 61.1 Å².